The molecule has 0 atom stereocenters. The lowest BCUT2D eigenvalue weighted by Crippen LogP contribution is -2.50. The number of piperazine rings is 1. The molecule has 0 saturated carbocycles. The van der Waals surface area contributed by atoms with E-state index in [4.69, 9.17) is 4.74 Å². The van der Waals surface area contributed by atoms with Crippen molar-refractivity contribution in [2.75, 3.05) is 44.0 Å². The molecule has 1 aliphatic rings. The predicted molar refractivity (Wildman–Crippen MR) is 145 cm³/mol. The fraction of sp³-hybridized carbons (Fsp3) is 0.222. The lowest BCUT2D eigenvalue weighted by Gasteiger charge is -2.27. The second kappa shape index (κ2) is 12.9. The Balaban J connectivity index is 1.30. The second-order valence-corrected chi connectivity index (χ2v) is 10.3. The van der Waals surface area contributed by atoms with Crippen LogP contribution in [-0.4, -0.2) is 70.3 Å². The molecule has 1 heterocycles. The van der Waals surface area contributed by atoms with Crippen LogP contribution in [0.2, 0.25) is 0 Å². The van der Waals surface area contributed by atoms with Gasteiger partial charge in [-0.15, -0.1) is 0 Å². The number of nitrogens with one attached hydrogen (secondary N) is 4. The molecule has 1 aliphatic heterocycles. The largest absolute Gasteiger partial charge is 0.455 e. The van der Waals surface area contributed by atoms with Gasteiger partial charge in [0, 0.05) is 31.7 Å². The maximum Gasteiger partial charge on any atom is 0.262 e. The van der Waals surface area contributed by atoms with Gasteiger partial charge in [0.1, 0.15) is 5.75 Å². The number of hydrogen-bond acceptors (Lipinski definition) is 7. The summed E-state index contributed by atoms with van der Waals surface area (Å²) < 4.78 is 34.3. The van der Waals surface area contributed by atoms with Crippen LogP contribution in [0, 0.1) is 0 Å². The van der Waals surface area contributed by atoms with E-state index < -0.39 is 21.8 Å². The first-order chi connectivity index (χ1) is 18.8. The van der Waals surface area contributed by atoms with Gasteiger partial charge in [-0.05, 0) is 48.5 Å². The van der Waals surface area contributed by atoms with Crippen LogP contribution >= 0.6 is 0 Å². The second-order valence-electron chi connectivity index (χ2n) is 8.63. The monoisotopic (exact) mass is 551 g/mol. The molecule has 0 unspecified atom stereocenters. The minimum absolute atomic E-state index is 0.0577. The first-order valence-electron chi connectivity index (χ1n) is 12.3. The molecule has 0 aromatic heterocycles. The van der Waals surface area contributed by atoms with Crippen molar-refractivity contribution in [2.24, 2.45) is 0 Å². The highest BCUT2D eigenvalue weighted by molar-refractivity contribution is 7.92. The van der Waals surface area contributed by atoms with Crippen molar-refractivity contribution in [1.29, 1.82) is 0 Å². The Morgan fingerprint density at radius 2 is 1.49 bits per heavy atom. The van der Waals surface area contributed by atoms with Crippen molar-refractivity contribution in [1.82, 2.24) is 20.9 Å². The van der Waals surface area contributed by atoms with Gasteiger partial charge in [0.25, 0.3) is 15.9 Å². The highest BCUT2D eigenvalue weighted by Gasteiger charge is 2.19. The summed E-state index contributed by atoms with van der Waals surface area (Å²) in [5.41, 5.74) is 0.427. The number of benzene rings is 3. The maximum absolute atomic E-state index is 13.0. The van der Waals surface area contributed by atoms with Crippen LogP contribution in [0.4, 0.5) is 5.69 Å². The van der Waals surface area contributed by atoms with Crippen molar-refractivity contribution in [3.8, 4) is 11.5 Å². The minimum Gasteiger partial charge on any atom is -0.455 e. The SMILES string of the molecule is O=C(CNC(=O)c1ccc(S(=O)(=O)Nc2ccccc2Oc2ccccc2)cc1)NCC(=O)N1CCNCC1. The summed E-state index contributed by atoms with van der Waals surface area (Å²) in [6.45, 7) is 2.12. The zero-order valence-electron chi connectivity index (χ0n) is 21.1. The summed E-state index contributed by atoms with van der Waals surface area (Å²) in [5.74, 6) is -0.366. The van der Waals surface area contributed by atoms with Crippen LogP contribution in [-0.2, 0) is 19.6 Å². The van der Waals surface area contributed by atoms with E-state index >= 15 is 0 Å². The van der Waals surface area contributed by atoms with Gasteiger partial charge in [0.05, 0.1) is 23.7 Å². The number of anilines is 1. The standard InChI is InChI=1S/C27H29N5O6S/c33-25(29-19-26(34)32-16-14-28-15-17-32)18-30-27(35)20-10-12-22(13-11-20)39(36,37)31-23-8-4-5-9-24(23)38-21-6-2-1-3-7-21/h1-13,28,31H,14-19H2,(H,29,33)(H,30,35). The molecule has 11 nitrogen and oxygen atoms in total. The van der Waals surface area contributed by atoms with E-state index in [0.29, 0.717) is 37.7 Å². The molecular formula is C27H29N5O6S. The average Bonchev–Trinajstić information content (AvgIpc) is 2.96. The molecular weight excluding hydrogens is 522 g/mol. The van der Waals surface area contributed by atoms with E-state index in [1.54, 1.807) is 41.3 Å². The first-order valence-corrected chi connectivity index (χ1v) is 13.8. The zero-order chi connectivity index (χ0) is 27.7. The van der Waals surface area contributed by atoms with Crippen molar-refractivity contribution in [3.63, 3.8) is 0 Å². The van der Waals surface area contributed by atoms with Crippen molar-refractivity contribution < 1.29 is 27.5 Å². The Bertz CT molecular complexity index is 1410. The molecule has 1 saturated heterocycles. The quantitative estimate of drug-likeness (QED) is 0.299. The van der Waals surface area contributed by atoms with Crippen LogP contribution in [0.25, 0.3) is 0 Å². The normalized spacial score (nSPS) is 13.3. The smallest absolute Gasteiger partial charge is 0.262 e. The summed E-state index contributed by atoms with van der Waals surface area (Å²) in [6, 6.07) is 20.9. The molecule has 0 aliphatic carbocycles. The molecule has 4 N–H and O–H groups in total. The van der Waals surface area contributed by atoms with Crippen LogP contribution in [0.15, 0.2) is 83.8 Å². The van der Waals surface area contributed by atoms with Gasteiger partial charge in [-0.2, -0.15) is 0 Å². The molecule has 39 heavy (non-hydrogen) atoms. The van der Waals surface area contributed by atoms with E-state index in [-0.39, 0.29) is 35.1 Å². The Hall–Kier alpha value is -4.42. The van der Waals surface area contributed by atoms with Gasteiger partial charge in [-0.25, -0.2) is 8.42 Å². The van der Waals surface area contributed by atoms with Crippen LogP contribution < -0.4 is 25.4 Å². The van der Waals surface area contributed by atoms with Crippen molar-refractivity contribution in [2.45, 2.75) is 4.90 Å². The molecule has 0 radical (unpaired) electrons. The molecule has 0 spiro atoms. The highest BCUT2D eigenvalue weighted by atomic mass is 32.2. The topological polar surface area (TPSA) is 146 Å². The van der Waals surface area contributed by atoms with Gasteiger partial charge in [-0.3, -0.25) is 19.1 Å². The molecule has 0 bridgehead atoms. The van der Waals surface area contributed by atoms with Gasteiger partial charge >= 0.3 is 0 Å². The summed E-state index contributed by atoms with van der Waals surface area (Å²) in [4.78, 5) is 38.2. The van der Waals surface area contributed by atoms with Gasteiger partial charge in [0.15, 0.2) is 5.75 Å². The molecule has 3 aromatic carbocycles. The number of hydrogen-bond donors (Lipinski definition) is 4. The first kappa shape index (κ1) is 27.6. The van der Waals surface area contributed by atoms with Crippen molar-refractivity contribution in [3.05, 3.63) is 84.4 Å². The molecule has 12 heteroatoms. The lowest BCUT2D eigenvalue weighted by atomic mass is 10.2. The zero-order valence-corrected chi connectivity index (χ0v) is 21.9. The Labute approximate surface area is 226 Å². The van der Waals surface area contributed by atoms with Crippen LogP contribution in [0.5, 0.6) is 11.5 Å². The van der Waals surface area contributed by atoms with E-state index in [1.165, 1.54) is 24.3 Å². The molecule has 4 rings (SSSR count). The predicted octanol–water partition coefficient (Wildman–Crippen LogP) is 1.56. The summed E-state index contributed by atoms with van der Waals surface area (Å²) in [7, 11) is -3.99. The molecule has 3 amide bonds. The van der Waals surface area contributed by atoms with Crippen LogP contribution in [0.1, 0.15) is 10.4 Å². The average molecular weight is 552 g/mol. The maximum atomic E-state index is 13.0. The molecule has 204 valence electrons. The number of nitrogens with zero attached hydrogens (tertiary/aromatic N) is 1. The number of ether oxygens (including phenoxy) is 1. The minimum atomic E-state index is -3.99. The Kier molecular flexibility index (Phi) is 9.13. The third-order valence-electron chi connectivity index (χ3n) is 5.85. The summed E-state index contributed by atoms with van der Waals surface area (Å²) in [5, 5.41) is 8.10. The third kappa shape index (κ3) is 7.79. The van der Waals surface area contributed by atoms with Crippen LogP contribution in [0.3, 0.4) is 0 Å². The fourth-order valence-electron chi connectivity index (χ4n) is 3.77. The van der Waals surface area contributed by atoms with E-state index in [0.717, 1.165) is 0 Å². The third-order valence-corrected chi connectivity index (χ3v) is 7.23. The number of carbonyl (C=O) groups excluding carboxylic acids is 3. The van der Waals surface area contributed by atoms with E-state index in [9.17, 15) is 22.8 Å². The molecule has 1 fully saturated rings. The fourth-order valence-corrected chi connectivity index (χ4v) is 4.84. The number of amides is 3. The van der Waals surface area contributed by atoms with Gasteiger partial charge < -0.3 is 25.6 Å². The summed E-state index contributed by atoms with van der Waals surface area (Å²) in [6.07, 6.45) is 0. The van der Waals surface area contributed by atoms with Gasteiger partial charge in [-0.1, -0.05) is 30.3 Å². The number of carbonyl (C=O) groups is 3. The Morgan fingerprint density at radius 3 is 2.21 bits per heavy atom. The number of para-hydroxylation sites is 3. The summed E-state index contributed by atoms with van der Waals surface area (Å²) >= 11 is 0. The number of sulfonamides is 1. The highest BCUT2D eigenvalue weighted by Crippen LogP contribution is 2.30. The number of rotatable bonds is 10. The lowest BCUT2D eigenvalue weighted by molar-refractivity contribution is -0.133. The molecule has 3 aromatic rings. The van der Waals surface area contributed by atoms with E-state index in [1.807, 2.05) is 18.2 Å². The van der Waals surface area contributed by atoms with Gasteiger partial charge in [0.2, 0.25) is 11.8 Å². The Morgan fingerprint density at radius 1 is 0.821 bits per heavy atom. The van der Waals surface area contributed by atoms with Crippen molar-refractivity contribution >= 4 is 33.4 Å². The van der Waals surface area contributed by atoms with E-state index in [2.05, 4.69) is 20.7 Å².